The molecule has 2 aliphatic rings. The van der Waals surface area contributed by atoms with E-state index in [1.807, 2.05) is 0 Å². The van der Waals surface area contributed by atoms with E-state index in [4.69, 9.17) is 5.26 Å². The van der Waals surface area contributed by atoms with Crippen molar-refractivity contribution in [3.63, 3.8) is 0 Å². The van der Waals surface area contributed by atoms with Crippen LogP contribution in [0.1, 0.15) is 75.7 Å². The molecule has 0 unspecified atom stereocenters. The minimum absolute atomic E-state index is 0.166. The quantitative estimate of drug-likeness (QED) is 0.345. The van der Waals surface area contributed by atoms with Gasteiger partial charge in [0.2, 0.25) is 0 Å². The van der Waals surface area contributed by atoms with Gasteiger partial charge in [0, 0.05) is 0 Å². The van der Waals surface area contributed by atoms with E-state index in [0.717, 1.165) is 62.8 Å². The molecule has 1 aromatic carbocycles. The number of alkyl halides is 3. The fraction of sp³-hybridized carbons (Fsp3) is 0.625. The summed E-state index contributed by atoms with van der Waals surface area (Å²) in [5, 5.41) is 8.55. The van der Waals surface area contributed by atoms with Crippen LogP contribution in [0.25, 0.3) is 0 Å². The number of benzene rings is 1. The Morgan fingerprint density at radius 3 is 1.97 bits per heavy atom. The van der Waals surface area contributed by atoms with Crippen LogP contribution in [0.4, 0.5) is 17.6 Å². The molecular weight excluding hydrogens is 394 g/mol. The van der Waals surface area contributed by atoms with Crippen LogP contribution in [0, 0.1) is 29.1 Å². The van der Waals surface area contributed by atoms with Gasteiger partial charge in [0.05, 0.1) is 0 Å². The normalized spacial score (nSPS) is 28.0. The fourth-order valence-corrected chi connectivity index (χ4v) is 5.09. The van der Waals surface area contributed by atoms with Crippen molar-refractivity contribution in [1.82, 2.24) is 0 Å². The largest absolute Gasteiger partial charge is 0.573 e. The van der Waals surface area contributed by atoms with Crippen LogP contribution in [-0.4, -0.2) is 6.36 Å². The molecule has 6 heteroatoms. The Morgan fingerprint density at radius 1 is 0.933 bits per heavy atom. The van der Waals surface area contributed by atoms with Crippen LogP contribution in [0.3, 0.4) is 0 Å². The topological polar surface area (TPSA) is 33.0 Å². The first kappa shape index (κ1) is 22.7. The Balaban J connectivity index is 1.37. The van der Waals surface area contributed by atoms with E-state index in [0.29, 0.717) is 11.8 Å². The lowest BCUT2D eigenvalue weighted by molar-refractivity contribution is -0.274. The zero-order chi connectivity index (χ0) is 21.6. The maximum Gasteiger partial charge on any atom is 0.573 e. The number of nitriles is 1. The maximum atomic E-state index is 13.1. The highest BCUT2D eigenvalue weighted by molar-refractivity contribution is 5.29. The van der Waals surface area contributed by atoms with E-state index in [1.54, 1.807) is 18.2 Å². The van der Waals surface area contributed by atoms with E-state index >= 15 is 0 Å². The SMILES string of the molecule is N#CC(F)=CC1CCC(CCC2CCC(c3ccc(OC(F)(F)F)cc3)CC2)CC1. The molecule has 0 heterocycles. The molecule has 2 saturated carbocycles. The Morgan fingerprint density at radius 2 is 1.47 bits per heavy atom. The number of hydrogen-bond donors (Lipinski definition) is 0. The van der Waals surface area contributed by atoms with E-state index < -0.39 is 12.2 Å². The van der Waals surface area contributed by atoms with Crippen molar-refractivity contribution >= 4 is 0 Å². The average molecular weight is 423 g/mol. The van der Waals surface area contributed by atoms with Gasteiger partial charge >= 0.3 is 6.36 Å². The average Bonchev–Trinajstić information content (AvgIpc) is 2.73. The molecule has 2 fully saturated rings. The zero-order valence-electron chi connectivity index (χ0n) is 17.1. The van der Waals surface area contributed by atoms with Gasteiger partial charge in [-0.15, -0.1) is 13.2 Å². The van der Waals surface area contributed by atoms with Crippen molar-refractivity contribution in [2.24, 2.45) is 17.8 Å². The van der Waals surface area contributed by atoms with Crippen LogP contribution in [0.15, 0.2) is 36.2 Å². The Kier molecular flexibility index (Phi) is 7.80. The summed E-state index contributed by atoms with van der Waals surface area (Å²) in [6, 6.07) is 7.89. The molecule has 3 rings (SSSR count). The van der Waals surface area contributed by atoms with Gasteiger partial charge in [-0.1, -0.05) is 25.0 Å². The molecular formula is C24H29F4NO. The van der Waals surface area contributed by atoms with Crippen LogP contribution in [-0.2, 0) is 0 Å². The third kappa shape index (κ3) is 7.04. The second-order valence-corrected chi connectivity index (χ2v) is 8.82. The van der Waals surface area contributed by atoms with Crippen LogP contribution in [0.2, 0.25) is 0 Å². The second-order valence-electron chi connectivity index (χ2n) is 8.82. The molecule has 30 heavy (non-hydrogen) atoms. The molecule has 0 saturated heterocycles. The molecule has 0 spiro atoms. The summed E-state index contributed by atoms with van der Waals surface area (Å²) in [4.78, 5) is 0. The summed E-state index contributed by atoms with van der Waals surface area (Å²) >= 11 is 0. The third-order valence-corrected chi connectivity index (χ3v) is 6.80. The minimum atomic E-state index is -4.65. The highest BCUT2D eigenvalue weighted by Crippen LogP contribution is 2.40. The highest BCUT2D eigenvalue weighted by Gasteiger charge is 2.31. The van der Waals surface area contributed by atoms with E-state index in [-0.39, 0.29) is 11.7 Å². The van der Waals surface area contributed by atoms with Gasteiger partial charge in [-0.2, -0.15) is 9.65 Å². The molecule has 0 atom stereocenters. The molecule has 2 aliphatic carbocycles. The molecule has 0 N–H and O–H groups in total. The smallest absolute Gasteiger partial charge is 0.406 e. The standard InChI is InChI=1S/C24H29F4NO/c25-22(16-29)15-19-5-3-17(4-6-19)1-2-18-7-9-20(10-8-18)21-11-13-23(14-12-21)30-24(26,27)28/h11-15,17-20H,1-10H2. The van der Waals surface area contributed by atoms with E-state index in [9.17, 15) is 17.6 Å². The molecule has 0 radical (unpaired) electrons. The number of allylic oxidation sites excluding steroid dienone is 2. The number of hydrogen-bond acceptors (Lipinski definition) is 2. The fourth-order valence-electron chi connectivity index (χ4n) is 5.09. The zero-order valence-corrected chi connectivity index (χ0v) is 17.1. The van der Waals surface area contributed by atoms with Crippen LogP contribution >= 0.6 is 0 Å². The van der Waals surface area contributed by atoms with Crippen LogP contribution in [0.5, 0.6) is 5.75 Å². The van der Waals surface area contributed by atoms with Crippen LogP contribution < -0.4 is 4.74 Å². The lowest BCUT2D eigenvalue weighted by Gasteiger charge is -2.31. The van der Waals surface area contributed by atoms with Crippen molar-refractivity contribution in [3.05, 3.63) is 41.7 Å². The Labute approximate surface area is 175 Å². The Bertz CT molecular complexity index is 734. The summed E-state index contributed by atoms with van der Waals surface area (Å²) in [7, 11) is 0. The molecule has 0 bridgehead atoms. The van der Waals surface area contributed by atoms with Crippen molar-refractivity contribution in [2.45, 2.75) is 76.5 Å². The maximum absolute atomic E-state index is 13.1. The van der Waals surface area contributed by atoms with E-state index in [2.05, 4.69) is 4.74 Å². The summed E-state index contributed by atoms with van der Waals surface area (Å²) in [5.74, 6) is 1.24. The summed E-state index contributed by atoms with van der Waals surface area (Å²) < 4.78 is 53.9. The first-order chi connectivity index (χ1) is 14.3. The predicted octanol–water partition coefficient (Wildman–Crippen LogP) is 7.82. The van der Waals surface area contributed by atoms with E-state index in [1.165, 1.54) is 31.1 Å². The van der Waals surface area contributed by atoms with Gasteiger partial charge in [0.25, 0.3) is 0 Å². The number of ether oxygens (including phenoxy) is 1. The van der Waals surface area contributed by atoms with Crippen molar-refractivity contribution in [2.75, 3.05) is 0 Å². The summed E-state index contributed by atoms with van der Waals surface area (Å²) in [6.45, 7) is 0. The molecule has 164 valence electrons. The van der Waals surface area contributed by atoms with Crippen molar-refractivity contribution in [1.29, 1.82) is 5.26 Å². The Hall–Kier alpha value is -2.03. The molecule has 0 aliphatic heterocycles. The molecule has 0 amide bonds. The third-order valence-electron chi connectivity index (χ3n) is 6.80. The monoisotopic (exact) mass is 423 g/mol. The summed E-state index contributed by atoms with van der Waals surface area (Å²) in [5.41, 5.74) is 1.10. The molecule has 2 nitrogen and oxygen atoms in total. The predicted molar refractivity (Wildman–Crippen MR) is 107 cm³/mol. The number of nitrogens with zero attached hydrogens (tertiary/aromatic N) is 1. The number of rotatable bonds is 6. The van der Waals surface area contributed by atoms with Crippen molar-refractivity contribution < 1.29 is 22.3 Å². The molecule has 1 aromatic rings. The molecule has 0 aromatic heterocycles. The van der Waals surface area contributed by atoms with Gasteiger partial charge < -0.3 is 4.74 Å². The first-order valence-corrected chi connectivity index (χ1v) is 11.0. The first-order valence-electron chi connectivity index (χ1n) is 11.0. The number of halogens is 4. The van der Waals surface area contributed by atoms with Gasteiger partial charge in [0.15, 0.2) is 5.83 Å². The van der Waals surface area contributed by atoms with Crippen molar-refractivity contribution in [3.8, 4) is 11.8 Å². The van der Waals surface area contributed by atoms with Gasteiger partial charge in [-0.25, -0.2) is 0 Å². The highest BCUT2D eigenvalue weighted by atomic mass is 19.4. The van der Waals surface area contributed by atoms with Gasteiger partial charge in [-0.05, 0) is 98.8 Å². The lowest BCUT2D eigenvalue weighted by atomic mass is 9.74. The summed E-state index contributed by atoms with van der Waals surface area (Å²) in [6.07, 6.45) is 7.93. The lowest BCUT2D eigenvalue weighted by Crippen LogP contribution is -2.18. The van der Waals surface area contributed by atoms with Gasteiger partial charge in [0.1, 0.15) is 11.8 Å². The second kappa shape index (κ2) is 10.3. The van der Waals surface area contributed by atoms with Gasteiger partial charge in [-0.3, -0.25) is 0 Å². The minimum Gasteiger partial charge on any atom is -0.406 e.